The summed E-state index contributed by atoms with van der Waals surface area (Å²) in [6, 6.07) is 20.5. The van der Waals surface area contributed by atoms with E-state index < -0.39 is 12.1 Å². The fraction of sp³-hybridized carbons (Fsp3) is 0.231. The number of benzene rings is 3. The molecule has 0 saturated carbocycles. The van der Waals surface area contributed by atoms with Crippen LogP contribution in [0.25, 0.3) is 10.8 Å². The summed E-state index contributed by atoms with van der Waals surface area (Å²) in [5, 5.41) is 4.19. The van der Waals surface area contributed by atoms with Gasteiger partial charge in [0.15, 0.2) is 0 Å². The number of para-hydroxylation sites is 1. The Morgan fingerprint density at radius 1 is 0.765 bits per heavy atom. The Kier molecular flexibility index (Phi) is 9.76. The van der Waals surface area contributed by atoms with Crippen molar-refractivity contribution in [1.82, 2.24) is 5.32 Å². The molecule has 0 aliphatic carbocycles. The zero-order valence-electron chi connectivity index (χ0n) is 18.7. The maximum Gasteiger partial charge on any atom is 0.412 e. The van der Waals surface area contributed by atoms with Gasteiger partial charge < -0.3 is 29.0 Å². The predicted molar refractivity (Wildman–Crippen MR) is 127 cm³/mol. The highest BCUT2D eigenvalue weighted by Crippen LogP contribution is 2.32. The maximum absolute atomic E-state index is 12.2. The Bertz CT molecular complexity index is 1080. The third-order valence-corrected chi connectivity index (χ3v) is 4.55. The molecule has 0 saturated heterocycles. The van der Waals surface area contributed by atoms with Gasteiger partial charge in [-0.25, -0.2) is 9.59 Å². The van der Waals surface area contributed by atoms with Crippen LogP contribution >= 0.6 is 0 Å². The van der Waals surface area contributed by atoms with Crippen molar-refractivity contribution in [3.05, 3.63) is 79.4 Å². The zero-order valence-corrected chi connectivity index (χ0v) is 18.7. The van der Waals surface area contributed by atoms with E-state index in [-0.39, 0.29) is 26.4 Å². The smallest absolute Gasteiger partial charge is 0.412 e. The summed E-state index contributed by atoms with van der Waals surface area (Å²) in [5.74, 6) is 1.37. The van der Waals surface area contributed by atoms with Gasteiger partial charge in [-0.1, -0.05) is 49.0 Å². The average molecular weight is 466 g/mol. The lowest BCUT2D eigenvalue weighted by Gasteiger charge is -2.13. The lowest BCUT2D eigenvalue weighted by atomic mass is 10.1. The first-order valence-electron chi connectivity index (χ1n) is 10.8. The number of hydrogen-bond acceptors (Lipinski definition) is 7. The highest BCUT2D eigenvalue weighted by atomic mass is 16.6. The number of hydrogen-bond donors (Lipinski definition) is 1. The number of nitrogens with one attached hydrogen (secondary N) is 1. The first-order valence-corrected chi connectivity index (χ1v) is 10.8. The summed E-state index contributed by atoms with van der Waals surface area (Å²) in [7, 11) is 0. The number of amides is 1. The molecule has 0 spiro atoms. The van der Waals surface area contributed by atoms with E-state index in [1.165, 1.54) is 0 Å². The lowest BCUT2D eigenvalue weighted by Crippen LogP contribution is -2.30. The van der Waals surface area contributed by atoms with Gasteiger partial charge in [-0.2, -0.15) is 0 Å². The molecule has 0 aromatic heterocycles. The van der Waals surface area contributed by atoms with Gasteiger partial charge in [0.1, 0.15) is 37.1 Å². The molecule has 0 unspecified atom stereocenters. The molecule has 1 N–H and O–H groups in total. The molecule has 8 nitrogen and oxygen atoms in total. The molecule has 34 heavy (non-hydrogen) atoms. The Morgan fingerprint density at radius 2 is 1.47 bits per heavy atom. The van der Waals surface area contributed by atoms with E-state index in [1.807, 2.05) is 54.6 Å². The monoisotopic (exact) mass is 465 g/mol. The second kappa shape index (κ2) is 13.5. The fourth-order valence-corrected chi connectivity index (χ4v) is 3.02. The van der Waals surface area contributed by atoms with Crippen molar-refractivity contribution in [1.29, 1.82) is 0 Å². The molecule has 3 aromatic carbocycles. The summed E-state index contributed by atoms with van der Waals surface area (Å²) in [4.78, 5) is 23.1. The molecule has 0 aliphatic heterocycles. The Labute approximate surface area is 198 Å². The fourth-order valence-electron chi connectivity index (χ4n) is 3.02. The van der Waals surface area contributed by atoms with Crippen LogP contribution in [0.2, 0.25) is 0 Å². The first-order chi connectivity index (χ1) is 16.7. The quantitative estimate of drug-likeness (QED) is 0.230. The zero-order chi connectivity index (χ0) is 24.0. The first kappa shape index (κ1) is 24.6. The molecule has 0 heterocycles. The Balaban J connectivity index is 1.45. The van der Waals surface area contributed by atoms with Crippen LogP contribution in [0.4, 0.5) is 4.79 Å². The van der Waals surface area contributed by atoms with E-state index in [1.54, 1.807) is 12.1 Å². The van der Waals surface area contributed by atoms with Gasteiger partial charge in [0.05, 0.1) is 13.2 Å². The summed E-state index contributed by atoms with van der Waals surface area (Å²) in [5.41, 5.74) is 0. The van der Waals surface area contributed by atoms with Crippen molar-refractivity contribution in [2.24, 2.45) is 0 Å². The largest absolute Gasteiger partial charge is 0.490 e. The second-order valence-corrected chi connectivity index (χ2v) is 6.92. The second-order valence-electron chi connectivity index (χ2n) is 6.92. The number of carbonyl (C=O) groups is 2. The molecule has 0 aliphatic rings. The number of carbonyl (C=O) groups excluding carboxylic acids is 2. The maximum atomic E-state index is 12.2. The van der Waals surface area contributed by atoms with Gasteiger partial charge in [0.2, 0.25) is 0 Å². The van der Waals surface area contributed by atoms with E-state index in [0.29, 0.717) is 24.7 Å². The average Bonchev–Trinajstić information content (AvgIpc) is 2.86. The van der Waals surface area contributed by atoms with Crippen molar-refractivity contribution >= 4 is 22.8 Å². The van der Waals surface area contributed by atoms with Gasteiger partial charge in [0.25, 0.3) is 0 Å². The van der Waals surface area contributed by atoms with E-state index in [2.05, 4.69) is 11.9 Å². The molecule has 178 valence electrons. The molecule has 0 bridgehead atoms. The van der Waals surface area contributed by atoms with Gasteiger partial charge in [-0.3, -0.25) is 0 Å². The molecular weight excluding hydrogens is 438 g/mol. The van der Waals surface area contributed by atoms with Gasteiger partial charge in [-0.15, -0.1) is 0 Å². The summed E-state index contributed by atoms with van der Waals surface area (Å²) in [6.45, 7) is 4.91. The minimum absolute atomic E-state index is 0.119. The van der Waals surface area contributed by atoms with Crippen LogP contribution in [-0.2, 0) is 14.3 Å². The molecule has 8 heteroatoms. The van der Waals surface area contributed by atoms with Crippen LogP contribution < -0.4 is 19.5 Å². The number of esters is 1. The molecule has 3 aromatic rings. The lowest BCUT2D eigenvalue weighted by molar-refractivity contribution is -0.139. The van der Waals surface area contributed by atoms with Crippen molar-refractivity contribution < 1.29 is 33.3 Å². The van der Waals surface area contributed by atoms with Crippen LogP contribution in [0.15, 0.2) is 79.4 Å². The number of rotatable bonds is 13. The van der Waals surface area contributed by atoms with Crippen LogP contribution in [0.1, 0.15) is 0 Å². The standard InChI is InChI=1S/C26H27NO7/c1-2-25(28)33-17-16-30-15-14-27-26(29)34-24-13-7-10-21-22(24)11-6-12-23(21)32-19-18-31-20-8-4-3-5-9-20/h2-13H,1,14-19H2,(H,27,29). The van der Waals surface area contributed by atoms with Gasteiger partial charge >= 0.3 is 12.1 Å². The van der Waals surface area contributed by atoms with E-state index in [0.717, 1.165) is 22.6 Å². The van der Waals surface area contributed by atoms with Gasteiger partial charge in [0, 0.05) is 23.4 Å². The molecule has 0 radical (unpaired) electrons. The molecule has 0 fully saturated rings. The van der Waals surface area contributed by atoms with E-state index >= 15 is 0 Å². The van der Waals surface area contributed by atoms with E-state index in [4.69, 9.17) is 23.7 Å². The predicted octanol–water partition coefficient (Wildman–Crippen LogP) is 4.13. The Morgan fingerprint density at radius 3 is 2.24 bits per heavy atom. The van der Waals surface area contributed by atoms with Crippen LogP contribution in [0.5, 0.6) is 17.2 Å². The van der Waals surface area contributed by atoms with Crippen molar-refractivity contribution in [2.75, 3.05) is 39.6 Å². The molecule has 3 rings (SSSR count). The summed E-state index contributed by atoms with van der Waals surface area (Å²) < 4.78 is 27.1. The SMILES string of the molecule is C=CC(=O)OCCOCCNC(=O)Oc1cccc2c(OCCOc3ccccc3)cccc12. The number of ether oxygens (including phenoxy) is 5. The molecular formula is C26H27NO7. The Hall–Kier alpha value is -4.04. The summed E-state index contributed by atoms with van der Waals surface area (Å²) >= 11 is 0. The third-order valence-electron chi connectivity index (χ3n) is 4.55. The van der Waals surface area contributed by atoms with Crippen LogP contribution in [-0.4, -0.2) is 51.6 Å². The number of fused-ring (bicyclic) bond motifs is 1. The van der Waals surface area contributed by atoms with Crippen molar-refractivity contribution in [3.8, 4) is 17.2 Å². The van der Waals surface area contributed by atoms with Crippen LogP contribution in [0, 0.1) is 0 Å². The third kappa shape index (κ3) is 7.83. The van der Waals surface area contributed by atoms with E-state index in [9.17, 15) is 9.59 Å². The topological polar surface area (TPSA) is 92.3 Å². The van der Waals surface area contributed by atoms with Crippen molar-refractivity contribution in [3.63, 3.8) is 0 Å². The highest BCUT2D eigenvalue weighted by Gasteiger charge is 2.10. The summed E-state index contributed by atoms with van der Waals surface area (Å²) in [6.07, 6.45) is 0.483. The van der Waals surface area contributed by atoms with Crippen molar-refractivity contribution in [2.45, 2.75) is 0 Å². The van der Waals surface area contributed by atoms with Gasteiger partial charge in [-0.05, 0) is 24.3 Å². The molecule has 0 atom stereocenters. The normalized spacial score (nSPS) is 10.4. The minimum atomic E-state index is -0.600. The highest BCUT2D eigenvalue weighted by molar-refractivity contribution is 5.94. The molecule has 1 amide bonds. The minimum Gasteiger partial charge on any atom is -0.490 e. The van der Waals surface area contributed by atoms with Crippen LogP contribution in [0.3, 0.4) is 0 Å².